The second-order valence-corrected chi connectivity index (χ2v) is 5.53. The van der Waals surface area contributed by atoms with Crippen LogP contribution in [-0.2, 0) is 0 Å². The third-order valence-corrected chi connectivity index (χ3v) is 3.54. The molecule has 1 atom stereocenters. The number of rotatable bonds is 3. The van der Waals surface area contributed by atoms with Crippen LogP contribution in [0.15, 0.2) is 24.3 Å². The molecule has 0 aliphatic carbocycles. The summed E-state index contributed by atoms with van der Waals surface area (Å²) in [5.41, 5.74) is 2.23. The van der Waals surface area contributed by atoms with Crippen molar-refractivity contribution in [2.75, 3.05) is 0 Å². The van der Waals surface area contributed by atoms with Crippen LogP contribution in [0.1, 0.15) is 33.9 Å². The van der Waals surface area contributed by atoms with E-state index in [0.717, 1.165) is 16.9 Å². The van der Waals surface area contributed by atoms with E-state index in [1.54, 1.807) is 0 Å². The van der Waals surface area contributed by atoms with Gasteiger partial charge in [-0.3, -0.25) is 4.79 Å². The van der Waals surface area contributed by atoms with E-state index >= 15 is 0 Å². The summed E-state index contributed by atoms with van der Waals surface area (Å²) in [4.78, 5) is 11.8. The lowest BCUT2D eigenvalue weighted by molar-refractivity contribution is 0.0939. The van der Waals surface area contributed by atoms with Gasteiger partial charge in [0.2, 0.25) is 9.47 Å². The summed E-state index contributed by atoms with van der Waals surface area (Å²) in [7, 11) is 0. The van der Waals surface area contributed by atoms with Crippen LogP contribution in [0.4, 0.5) is 0 Å². The Morgan fingerprint density at radius 2 is 2.00 bits per heavy atom. The maximum Gasteiger partial charge on any atom is 0.282 e. The molecule has 1 amide bonds. The Hall–Kier alpha value is -1.46. The zero-order valence-corrected chi connectivity index (χ0v) is 11.5. The van der Waals surface area contributed by atoms with E-state index < -0.39 is 0 Å². The number of benzene rings is 1. The third-order valence-electron chi connectivity index (χ3n) is 2.52. The molecule has 2 aromatic rings. The summed E-state index contributed by atoms with van der Waals surface area (Å²) >= 11 is 6.71. The fourth-order valence-electron chi connectivity index (χ4n) is 1.49. The van der Waals surface area contributed by atoms with E-state index in [2.05, 4.69) is 15.5 Å². The van der Waals surface area contributed by atoms with E-state index in [4.69, 9.17) is 11.6 Å². The van der Waals surface area contributed by atoms with Gasteiger partial charge in [-0.25, -0.2) is 0 Å². The Balaban J connectivity index is 2.05. The molecule has 4 nitrogen and oxygen atoms in total. The van der Waals surface area contributed by atoms with Gasteiger partial charge in [0.1, 0.15) is 0 Å². The lowest BCUT2D eigenvalue weighted by Crippen LogP contribution is -2.26. The van der Waals surface area contributed by atoms with E-state index in [0.29, 0.717) is 0 Å². The number of hydrogen-bond donors (Lipinski definition) is 1. The Morgan fingerprint density at radius 3 is 2.56 bits per heavy atom. The lowest BCUT2D eigenvalue weighted by atomic mass is 10.1. The van der Waals surface area contributed by atoms with Crippen LogP contribution < -0.4 is 5.32 Å². The molecule has 1 aromatic carbocycles. The molecule has 0 spiro atoms. The van der Waals surface area contributed by atoms with Crippen molar-refractivity contribution in [2.24, 2.45) is 0 Å². The third kappa shape index (κ3) is 3.05. The van der Waals surface area contributed by atoms with Crippen LogP contribution in [0.25, 0.3) is 0 Å². The molecule has 18 heavy (non-hydrogen) atoms. The molecule has 94 valence electrons. The summed E-state index contributed by atoms with van der Waals surface area (Å²) in [5, 5.41) is 10.4. The van der Waals surface area contributed by atoms with Crippen LogP contribution in [0.5, 0.6) is 0 Å². The predicted molar refractivity (Wildman–Crippen MR) is 72.0 cm³/mol. The first-order valence-corrected chi connectivity index (χ1v) is 6.62. The molecule has 0 saturated carbocycles. The molecule has 0 saturated heterocycles. The maximum absolute atomic E-state index is 11.8. The highest BCUT2D eigenvalue weighted by Gasteiger charge is 2.15. The minimum absolute atomic E-state index is 0.0826. The number of aromatic nitrogens is 2. The van der Waals surface area contributed by atoms with Crippen molar-refractivity contribution in [1.29, 1.82) is 0 Å². The van der Waals surface area contributed by atoms with Crippen molar-refractivity contribution in [1.82, 2.24) is 15.5 Å². The number of carbonyl (C=O) groups excluding carboxylic acids is 1. The van der Waals surface area contributed by atoms with Crippen molar-refractivity contribution >= 4 is 28.8 Å². The van der Waals surface area contributed by atoms with Crippen LogP contribution in [0, 0.1) is 6.92 Å². The zero-order chi connectivity index (χ0) is 13.1. The second kappa shape index (κ2) is 5.46. The van der Waals surface area contributed by atoms with Crippen LogP contribution in [0.3, 0.4) is 0 Å². The number of aryl methyl sites for hydroxylation is 1. The van der Waals surface area contributed by atoms with Gasteiger partial charge >= 0.3 is 0 Å². The standard InChI is InChI=1S/C12H12ClN3OS/c1-7-3-5-9(6-4-7)8(2)14-10(17)11-15-16-12(13)18-11/h3-6,8H,1-2H3,(H,14,17). The summed E-state index contributed by atoms with van der Waals surface area (Å²) in [5.74, 6) is -0.257. The number of hydrogen-bond acceptors (Lipinski definition) is 4. The fourth-order valence-corrected chi connectivity index (χ4v) is 2.23. The Morgan fingerprint density at radius 1 is 1.33 bits per heavy atom. The number of nitrogens with one attached hydrogen (secondary N) is 1. The molecule has 0 bridgehead atoms. The highest BCUT2D eigenvalue weighted by atomic mass is 35.5. The Kier molecular flexibility index (Phi) is 3.93. The first-order chi connectivity index (χ1) is 8.56. The van der Waals surface area contributed by atoms with Crippen molar-refractivity contribution in [3.05, 3.63) is 44.9 Å². The maximum atomic E-state index is 11.8. The molecular weight excluding hydrogens is 270 g/mol. The van der Waals surface area contributed by atoms with Crippen LogP contribution >= 0.6 is 22.9 Å². The molecule has 0 radical (unpaired) electrons. The highest BCUT2D eigenvalue weighted by molar-refractivity contribution is 7.17. The van der Waals surface area contributed by atoms with Gasteiger partial charge in [0.05, 0.1) is 6.04 Å². The van der Waals surface area contributed by atoms with Crippen LogP contribution in [-0.4, -0.2) is 16.1 Å². The normalized spacial score (nSPS) is 12.2. The van der Waals surface area contributed by atoms with Gasteiger partial charge in [-0.05, 0) is 31.0 Å². The zero-order valence-electron chi connectivity index (χ0n) is 9.98. The SMILES string of the molecule is Cc1ccc(C(C)NC(=O)c2nnc(Cl)s2)cc1. The Labute approximate surface area is 114 Å². The second-order valence-electron chi connectivity index (χ2n) is 3.97. The van der Waals surface area contributed by atoms with Gasteiger partial charge in [0, 0.05) is 0 Å². The summed E-state index contributed by atoms with van der Waals surface area (Å²) < 4.78 is 0.267. The molecule has 1 N–H and O–H groups in total. The van der Waals surface area contributed by atoms with Crippen molar-refractivity contribution in [3.8, 4) is 0 Å². The number of carbonyl (C=O) groups is 1. The van der Waals surface area contributed by atoms with Crippen molar-refractivity contribution < 1.29 is 4.79 Å². The van der Waals surface area contributed by atoms with Gasteiger partial charge < -0.3 is 5.32 Å². The van der Waals surface area contributed by atoms with Gasteiger partial charge in [0.15, 0.2) is 0 Å². The average Bonchev–Trinajstić information content (AvgIpc) is 2.76. The monoisotopic (exact) mass is 281 g/mol. The van der Waals surface area contributed by atoms with Gasteiger partial charge in [-0.1, -0.05) is 41.2 Å². The molecule has 0 aliphatic heterocycles. The number of halogens is 1. The Bertz CT molecular complexity index is 553. The van der Waals surface area contributed by atoms with E-state index in [-0.39, 0.29) is 21.4 Å². The summed E-state index contributed by atoms with van der Waals surface area (Å²) in [6.45, 7) is 3.95. The first-order valence-electron chi connectivity index (χ1n) is 5.42. The molecule has 2 rings (SSSR count). The molecule has 1 unspecified atom stereocenters. The summed E-state index contributed by atoms with van der Waals surface area (Å²) in [6.07, 6.45) is 0. The number of amides is 1. The van der Waals surface area contributed by atoms with Gasteiger partial charge in [-0.15, -0.1) is 10.2 Å². The molecular formula is C12H12ClN3OS. The molecule has 1 heterocycles. The summed E-state index contributed by atoms with van der Waals surface area (Å²) in [6, 6.07) is 7.93. The van der Waals surface area contributed by atoms with E-state index in [1.165, 1.54) is 5.56 Å². The molecule has 1 aromatic heterocycles. The fraction of sp³-hybridized carbons (Fsp3) is 0.250. The molecule has 6 heteroatoms. The topological polar surface area (TPSA) is 54.9 Å². The van der Waals surface area contributed by atoms with E-state index in [9.17, 15) is 4.79 Å². The van der Waals surface area contributed by atoms with Crippen molar-refractivity contribution in [2.45, 2.75) is 19.9 Å². The minimum Gasteiger partial charge on any atom is -0.343 e. The highest BCUT2D eigenvalue weighted by Crippen LogP contribution is 2.17. The predicted octanol–water partition coefficient (Wildman–Crippen LogP) is 2.99. The lowest BCUT2D eigenvalue weighted by Gasteiger charge is -2.13. The smallest absolute Gasteiger partial charge is 0.282 e. The van der Waals surface area contributed by atoms with Gasteiger partial charge in [-0.2, -0.15) is 0 Å². The van der Waals surface area contributed by atoms with Gasteiger partial charge in [0.25, 0.3) is 5.91 Å². The van der Waals surface area contributed by atoms with E-state index in [1.807, 2.05) is 38.1 Å². The average molecular weight is 282 g/mol. The number of nitrogens with zero attached hydrogens (tertiary/aromatic N) is 2. The van der Waals surface area contributed by atoms with Crippen LogP contribution in [0.2, 0.25) is 4.47 Å². The molecule has 0 aliphatic rings. The minimum atomic E-state index is -0.257. The quantitative estimate of drug-likeness (QED) is 0.941. The largest absolute Gasteiger partial charge is 0.343 e. The van der Waals surface area contributed by atoms with Crippen molar-refractivity contribution in [3.63, 3.8) is 0 Å². The first kappa shape index (κ1) is 13.0. The molecule has 0 fully saturated rings.